The van der Waals surface area contributed by atoms with E-state index in [1.807, 2.05) is 0 Å². The van der Waals surface area contributed by atoms with Crippen molar-refractivity contribution >= 4 is 11.8 Å². The number of carbonyl (C=O) groups is 2. The van der Waals surface area contributed by atoms with Crippen molar-refractivity contribution in [3.63, 3.8) is 0 Å². The van der Waals surface area contributed by atoms with Gasteiger partial charge in [-0.05, 0) is 6.42 Å². The van der Waals surface area contributed by atoms with Gasteiger partial charge in [0.05, 0.1) is 19.2 Å². The summed E-state index contributed by atoms with van der Waals surface area (Å²) in [7, 11) is 1.54. The van der Waals surface area contributed by atoms with Crippen LogP contribution in [0.3, 0.4) is 0 Å². The van der Waals surface area contributed by atoms with Gasteiger partial charge in [-0.15, -0.1) is 0 Å². The molecular formula is C10H19N3O4. The van der Waals surface area contributed by atoms with Crippen LogP contribution in [0.25, 0.3) is 0 Å². The molecule has 1 aliphatic rings. The number of ether oxygens (including phenoxy) is 1. The Morgan fingerprint density at radius 2 is 2.47 bits per heavy atom. The molecule has 0 aromatic carbocycles. The first-order valence-electron chi connectivity index (χ1n) is 5.57. The summed E-state index contributed by atoms with van der Waals surface area (Å²) in [6, 6.07) is -0.636. The molecule has 0 aliphatic carbocycles. The van der Waals surface area contributed by atoms with Crippen LogP contribution in [0, 0.1) is 0 Å². The van der Waals surface area contributed by atoms with Crippen LogP contribution in [0.15, 0.2) is 0 Å². The van der Waals surface area contributed by atoms with Gasteiger partial charge in [0.25, 0.3) is 0 Å². The second-order valence-electron chi connectivity index (χ2n) is 3.91. The molecule has 1 saturated heterocycles. The van der Waals surface area contributed by atoms with E-state index < -0.39 is 6.04 Å². The second-order valence-corrected chi connectivity index (χ2v) is 3.91. The van der Waals surface area contributed by atoms with Gasteiger partial charge in [-0.25, -0.2) is 0 Å². The van der Waals surface area contributed by atoms with Gasteiger partial charge in [-0.1, -0.05) is 0 Å². The third-order valence-corrected chi connectivity index (χ3v) is 2.52. The Labute approximate surface area is 99.9 Å². The summed E-state index contributed by atoms with van der Waals surface area (Å²) < 4.78 is 4.95. The fourth-order valence-corrected chi connectivity index (χ4v) is 1.61. The van der Waals surface area contributed by atoms with Crippen LogP contribution in [-0.2, 0) is 14.3 Å². The zero-order chi connectivity index (χ0) is 12.7. The largest absolute Gasteiger partial charge is 0.396 e. The highest BCUT2D eigenvalue weighted by molar-refractivity contribution is 5.86. The number of aliphatic hydroxyl groups excluding tert-OH is 1. The fourth-order valence-electron chi connectivity index (χ4n) is 1.61. The maximum absolute atomic E-state index is 11.8. The average molecular weight is 245 g/mol. The Kier molecular flexibility index (Phi) is 5.88. The predicted molar refractivity (Wildman–Crippen MR) is 60.3 cm³/mol. The lowest BCUT2D eigenvalue weighted by atomic mass is 10.1. The summed E-state index contributed by atoms with van der Waals surface area (Å²) in [5.41, 5.74) is 0. The van der Waals surface area contributed by atoms with Crippen molar-refractivity contribution in [3.05, 3.63) is 0 Å². The second kappa shape index (κ2) is 7.21. The minimum Gasteiger partial charge on any atom is -0.396 e. The quantitative estimate of drug-likeness (QED) is 0.417. The zero-order valence-electron chi connectivity index (χ0n) is 9.86. The van der Waals surface area contributed by atoms with Crippen molar-refractivity contribution in [2.75, 3.05) is 33.4 Å². The maximum Gasteiger partial charge on any atom is 0.239 e. The van der Waals surface area contributed by atoms with Gasteiger partial charge in [0.15, 0.2) is 0 Å². The third-order valence-electron chi connectivity index (χ3n) is 2.52. The molecule has 1 aliphatic heterocycles. The van der Waals surface area contributed by atoms with Crippen molar-refractivity contribution in [3.8, 4) is 0 Å². The van der Waals surface area contributed by atoms with E-state index >= 15 is 0 Å². The van der Waals surface area contributed by atoms with Crippen LogP contribution in [0.5, 0.6) is 0 Å². The van der Waals surface area contributed by atoms with Gasteiger partial charge in [-0.2, -0.15) is 0 Å². The fraction of sp³-hybridized carbons (Fsp3) is 0.800. The molecule has 17 heavy (non-hydrogen) atoms. The van der Waals surface area contributed by atoms with E-state index in [4.69, 9.17) is 9.84 Å². The van der Waals surface area contributed by atoms with Crippen molar-refractivity contribution in [1.29, 1.82) is 0 Å². The number of amides is 2. The van der Waals surface area contributed by atoms with E-state index in [-0.39, 0.29) is 37.6 Å². The summed E-state index contributed by atoms with van der Waals surface area (Å²) in [6.45, 7) is 0.769. The average Bonchev–Trinajstić information content (AvgIpc) is 2.30. The molecule has 4 N–H and O–H groups in total. The Morgan fingerprint density at radius 1 is 1.71 bits per heavy atom. The first-order chi connectivity index (χ1) is 8.17. The van der Waals surface area contributed by atoms with Gasteiger partial charge in [-0.3, -0.25) is 14.9 Å². The Morgan fingerprint density at radius 3 is 3.00 bits per heavy atom. The number of rotatable bonds is 6. The number of hydrogen-bond donors (Lipinski definition) is 4. The molecule has 1 rings (SSSR count). The lowest BCUT2D eigenvalue weighted by Crippen LogP contribution is -2.59. The van der Waals surface area contributed by atoms with Crippen molar-refractivity contribution in [2.45, 2.75) is 18.5 Å². The number of carbonyl (C=O) groups excluding carboxylic acids is 2. The molecule has 0 bridgehead atoms. The van der Waals surface area contributed by atoms with Crippen molar-refractivity contribution in [2.24, 2.45) is 0 Å². The minimum atomic E-state index is -0.425. The van der Waals surface area contributed by atoms with Crippen LogP contribution < -0.4 is 16.0 Å². The molecule has 1 heterocycles. The van der Waals surface area contributed by atoms with Crippen LogP contribution in [0.2, 0.25) is 0 Å². The normalized spacial score (nSPS) is 21.8. The third kappa shape index (κ3) is 4.68. The molecule has 2 amide bonds. The van der Waals surface area contributed by atoms with Crippen LogP contribution >= 0.6 is 0 Å². The number of methoxy groups -OCH3 is 1. The monoisotopic (exact) mass is 245 g/mol. The first kappa shape index (κ1) is 13.9. The molecular weight excluding hydrogens is 226 g/mol. The maximum atomic E-state index is 11.8. The van der Waals surface area contributed by atoms with Crippen molar-refractivity contribution in [1.82, 2.24) is 16.0 Å². The molecule has 2 unspecified atom stereocenters. The Hall–Kier alpha value is -1.18. The topological polar surface area (TPSA) is 99.7 Å². The summed E-state index contributed by atoms with van der Waals surface area (Å²) in [5.74, 6) is -0.307. The van der Waals surface area contributed by atoms with Crippen LogP contribution in [-0.4, -0.2) is 62.4 Å². The smallest absolute Gasteiger partial charge is 0.239 e. The number of aliphatic hydroxyl groups is 1. The molecule has 1 fully saturated rings. The van der Waals surface area contributed by atoms with E-state index in [2.05, 4.69) is 16.0 Å². The molecule has 0 aromatic heterocycles. The predicted octanol–water partition coefficient (Wildman–Crippen LogP) is -2.41. The molecule has 2 atom stereocenters. The molecule has 7 nitrogen and oxygen atoms in total. The van der Waals surface area contributed by atoms with Gasteiger partial charge in [0, 0.05) is 20.3 Å². The van der Waals surface area contributed by atoms with Crippen LogP contribution in [0.4, 0.5) is 0 Å². The van der Waals surface area contributed by atoms with E-state index in [0.29, 0.717) is 13.0 Å². The molecule has 0 saturated carbocycles. The zero-order valence-corrected chi connectivity index (χ0v) is 9.86. The van der Waals surface area contributed by atoms with E-state index in [0.717, 1.165) is 0 Å². The highest BCUT2D eigenvalue weighted by Crippen LogP contribution is 1.95. The number of hydrogen-bond acceptors (Lipinski definition) is 5. The lowest BCUT2D eigenvalue weighted by Gasteiger charge is -2.25. The van der Waals surface area contributed by atoms with Gasteiger partial charge < -0.3 is 20.5 Å². The SMILES string of the molecule is COCC(CCO)NC(=O)C1CNC(=O)CN1. The molecule has 7 heteroatoms. The number of nitrogens with one attached hydrogen (secondary N) is 3. The molecule has 0 spiro atoms. The van der Waals surface area contributed by atoms with Gasteiger partial charge in [0.2, 0.25) is 11.8 Å². The summed E-state index contributed by atoms with van der Waals surface area (Å²) >= 11 is 0. The molecule has 0 radical (unpaired) electrons. The van der Waals surface area contributed by atoms with Gasteiger partial charge in [0.1, 0.15) is 6.04 Å². The first-order valence-corrected chi connectivity index (χ1v) is 5.57. The van der Waals surface area contributed by atoms with E-state index in [1.165, 1.54) is 7.11 Å². The summed E-state index contributed by atoms with van der Waals surface area (Å²) in [5, 5.41) is 17.0. The van der Waals surface area contributed by atoms with E-state index in [1.54, 1.807) is 0 Å². The van der Waals surface area contributed by atoms with Gasteiger partial charge >= 0.3 is 0 Å². The Balaban J connectivity index is 2.37. The molecule has 98 valence electrons. The van der Waals surface area contributed by atoms with Crippen LogP contribution in [0.1, 0.15) is 6.42 Å². The molecule has 0 aromatic rings. The standard InChI is InChI=1S/C10H19N3O4/c1-17-6-7(2-3-14)13-10(16)8-4-12-9(15)5-11-8/h7-8,11,14H,2-6H2,1H3,(H,12,15)(H,13,16). The highest BCUT2D eigenvalue weighted by Gasteiger charge is 2.25. The van der Waals surface area contributed by atoms with Crippen molar-refractivity contribution < 1.29 is 19.4 Å². The number of piperazine rings is 1. The minimum absolute atomic E-state index is 0.0108. The summed E-state index contributed by atoms with van der Waals surface area (Å²) in [6.07, 6.45) is 0.443. The summed E-state index contributed by atoms with van der Waals surface area (Å²) in [4.78, 5) is 22.7. The lowest BCUT2D eigenvalue weighted by molar-refractivity contribution is -0.127. The Bertz CT molecular complexity index is 256. The highest BCUT2D eigenvalue weighted by atomic mass is 16.5. The van der Waals surface area contributed by atoms with E-state index in [9.17, 15) is 9.59 Å².